The van der Waals surface area contributed by atoms with Crippen molar-refractivity contribution in [2.45, 2.75) is 75.7 Å². The molecule has 0 radical (unpaired) electrons. The molecule has 5 unspecified atom stereocenters. The summed E-state index contributed by atoms with van der Waals surface area (Å²) in [5.74, 6) is 1.16. The van der Waals surface area contributed by atoms with Crippen molar-refractivity contribution >= 4 is 5.57 Å². The Hall–Kier alpha value is -2.22. The molecule has 2 aromatic rings. The SMILES string of the molecule is CCc1cc(O)ccc1C1CCC2C(c3ncc(C4=CCN(C5CCC5)C4)[nH]3)NNC2C1F. The predicted octanol–water partition coefficient (Wildman–Crippen LogP) is 3.98. The molecule has 6 nitrogen and oxygen atoms in total. The van der Waals surface area contributed by atoms with Gasteiger partial charge in [0.1, 0.15) is 17.7 Å². The van der Waals surface area contributed by atoms with Crippen LogP contribution in [0.5, 0.6) is 5.75 Å². The minimum atomic E-state index is -0.987. The van der Waals surface area contributed by atoms with Gasteiger partial charge in [0.2, 0.25) is 0 Å². The first kappa shape index (κ1) is 21.3. The van der Waals surface area contributed by atoms with Gasteiger partial charge in [0.05, 0.1) is 24.0 Å². The number of H-pyrrole nitrogens is 1. The number of nitrogens with one attached hydrogen (secondary N) is 3. The molecule has 33 heavy (non-hydrogen) atoms. The number of hydrazine groups is 1. The molecule has 176 valence electrons. The van der Waals surface area contributed by atoms with E-state index in [9.17, 15) is 5.11 Å². The number of hydrogen-bond acceptors (Lipinski definition) is 5. The Bertz CT molecular complexity index is 1050. The zero-order valence-electron chi connectivity index (χ0n) is 19.2. The van der Waals surface area contributed by atoms with Gasteiger partial charge in [-0.25, -0.2) is 14.8 Å². The molecule has 2 saturated carbocycles. The van der Waals surface area contributed by atoms with E-state index in [0.29, 0.717) is 0 Å². The fraction of sp³-hybridized carbons (Fsp3) is 0.577. The third-order valence-corrected chi connectivity index (χ3v) is 8.51. The van der Waals surface area contributed by atoms with E-state index in [4.69, 9.17) is 4.98 Å². The molecule has 6 rings (SSSR count). The van der Waals surface area contributed by atoms with Crippen molar-refractivity contribution in [1.82, 2.24) is 25.7 Å². The fourth-order valence-corrected chi connectivity index (χ4v) is 6.37. The third kappa shape index (κ3) is 3.70. The highest BCUT2D eigenvalue weighted by molar-refractivity contribution is 5.66. The molecule has 0 amide bonds. The van der Waals surface area contributed by atoms with E-state index in [1.54, 1.807) is 12.1 Å². The van der Waals surface area contributed by atoms with Gasteiger partial charge in [0.25, 0.3) is 0 Å². The van der Waals surface area contributed by atoms with E-state index in [2.05, 4.69) is 33.7 Å². The Morgan fingerprint density at radius 1 is 1.18 bits per heavy atom. The topological polar surface area (TPSA) is 76.2 Å². The number of hydrogen-bond donors (Lipinski definition) is 4. The Morgan fingerprint density at radius 3 is 2.85 bits per heavy atom. The second-order valence-electron chi connectivity index (χ2n) is 10.2. The van der Waals surface area contributed by atoms with Gasteiger partial charge in [-0.3, -0.25) is 10.3 Å². The number of aromatic amines is 1. The summed E-state index contributed by atoms with van der Waals surface area (Å²) in [6, 6.07) is 5.86. The number of imidazole rings is 1. The van der Waals surface area contributed by atoms with Crippen LogP contribution in [0.25, 0.3) is 5.57 Å². The Balaban J connectivity index is 1.16. The van der Waals surface area contributed by atoms with Crippen LogP contribution in [0.2, 0.25) is 0 Å². The summed E-state index contributed by atoms with van der Waals surface area (Å²) >= 11 is 0. The van der Waals surface area contributed by atoms with Gasteiger partial charge < -0.3 is 10.1 Å². The van der Waals surface area contributed by atoms with Crippen molar-refractivity contribution in [2.24, 2.45) is 5.92 Å². The van der Waals surface area contributed by atoms with Crippen molar-refractivity contribution < 1.29 is 9.50 Å². The summed E-state index contributed by atoms with van der Waals surface area (Å²) in [6.07, 6.45) is 9.81. The molecule has 4 aliphatic rings. The summed E-state index contributed by atoms with van der Waals surface area (Å²) < 4.78 is 15.8. The van der Waals surface area contributed by atoms with Gasteiger partial charge in [0, 0.05) is 31.0 Å². The molecule has 1 saturated heterocycles. The lowest BCUT2D eigenvalue weighted by Crippen LogP contribution is -2.45. The van der Waals surface area contributed by atoms with Gasteiger partial charge in [0.15, 0.2) is 0 Å². The molecule has 4 N–H and O–H groups in total. The molecule has 2 aliphatic heterocycles. The zero-order chi connectivity index (χ0) is 22.5. The third-order valence-electron chi connectivity index (χ3n) is 8.51. The van der Waals surface area contributed by atoms with Crippen LogP contribution in [-0.4, -0.2) is 51.3 Å². The van der Waals surface area contributed by atoms with Crippen molar-refractivity contribution in [3.63, 3.8) is 0 Å². The average molecular weight is 452 g/mol. The van der Waals surface area contributed by atoms with Crippen LogP contribution < -0.4 is 10.9 Å². The number of nitrogens with zero attached hydrogens (tertiary/aromatic N) is 2. The lowest BCUT2D eigenvalue weighted by atomic mass is 9.71. The van der Waals surface area contributed by atoms with Gasteiger partial charge in [-0.15, -0.1) is 0 Å². The first-order valence-electron chi connectivity index (χ1n) is 12.6. The van der Waals surface area contributed by atoms with E-state index in [1.165, 1.54) is 24.8 Å². The molecule has 3 heterocycles. The number of phenolic OH excluding ortho intramolecular Hbond substituents is 1. The monoisotopic (exact) mass is 451 g/mol. The largest absolute Gasteiger partial charge is 0.508 e. The molecular weight excluding hydrogens is 417 g/mol. The van der Waals surface area contributed by atoms with Crippen LogP contribution in [0, 0.1) is 5.92 Å². The van der Waals surface area contributed by atoms with Crippen molar-refractivity contribution in [2.75, 3.05) is 13.1 Å². The number of halogens is 1. The maximum absolute atomic E-state index is 15.8. The lowest BCUT2D eigenvalue weighted by molar-refractivity contribution is 0.135. The Kier molecular flexibility index (Phi) is 5.51. The summed E-state index contributed by atoms with van der Waals surface area (Å²) in [4.78, 5) is 10.8. The van der Waals surface area contributed by atoms with E-state index in [-0.39, 0.29) is 29.7 Å². The van der Waals surface area contributed by atoms with Crippen LogP contribution in [0.4, 0.5) is 4.39 Å². The summed E-state index contributed by atoms with van der Waals surface area (Å²) in [5.41, 5.74) is 11.1. The normalized spacial score (nSPS) is 32.5. The van der Waals surface area contributed by atoms with Crippen LogP contribution in [0.1, 0.15) is 73.6 Å². The molecule has 3 fully saturated rings. The molecule has 1 aromatic heterocycles. The first-order chi connectivity index (χ1) is 16.1. The highest BCUT2D eigenvalue weighted by Crippen LogP contribution is 2.45. The van der Waals surface area contributed by atoms with Crippen LogP contribution >= 0.6 is 0 Å². The molecule has 1 aromatic carbocycles. The summed E-state index contributed by atoms with van der Waals surface area (Å²) in [6.45, 7) is 4.09. The van der Waals surface area contributed by atoms with Gasteiger partial charge in [-0.1, -0.05) is 25.5 Å². The number of alkyl halides is 1. The Morgan fingerprint density at radius 2 is 2.06 bits per heavy atom. The standard InChI is InChI=1S/C26H34FN5O/c1-2-15-12-18(33)6-7-19(15)20-8-9-21-24(23(20)27)30-31-25(21)26-28-13-22(29-26)16-10-11-32(14-16)17-4-3-5-17/h6-7,10,12-13,17,20-21,23-25,30-31,33H,2-5,8-9,11,14H2,1H3,(H,28,29). The number of fused-ring (bicyclic) bond motifs is 1. The van der Waals surface area contributed by atoms with Gasteiger partial charge in [-0.05, 0) is 60.9 Å². The molecule has 5 atom stereocenters. The van der Waals surface area contributed by atoms with Crippen LogP contribution in [0.15, 0.2) is 30.5 Å². The number of aromatic hydroxyl groups is 1. The molecular formula is C26H34FN5O. The second kappa shape index (κ2) is 8.53. The van der Waals surface area contributed by atoms with Crippen molar-refractivity contribution in [3.8, 4) is 5.75 Å². The average Bonchev–Trinajstić information content (AvgIpc) is 3.52. The first-order valence-corrected chi connectivity index (χ1v) is 12.6. The maximum Gasteiger partial charge on any atom is 0.125 e. The van der Waals surface area contributed by atoms with Crippen molar-refractivity contribution in [3.05, 3.63) is 53.1 Å². The Labute approximate surface area is 194 Å². The molecule has 0 bridgehead atoms. The number of aryl methyl sites for hydroxylation is 1. The van der Waals surface area contributed by atoms with Crippen molar-refractivity contribution in [1.29, 1.82) is 0 Å². The van der Waals surface area contributed by atoms with E-state index < -0.39 is 6.17 Å². The predicted molar refractivity (Wildman–Crippen MR) is 126 cm³/mol. The molecule has 2 aliphatic carbocycles. The fourth-order valence-electron chi connectivity index (χ4n) is 6.37. The second-order valence-corrected chi connectivity index (χ2v) is 10.2. The minimum Gasteiger partial charge on any atom is -0.508 e. The molecule has 0 spiro atoms. The maximum atomic E-state index is 15.8. The lowest BCUT2D eigenvalue weighted by Gasteiger charge is -2.36. The van der Waals surface area contributed by atoms with Crippen LogP contribution in [-0.2, 0) is 6.42 Å². The number of benzene rings is 1. The van der Waals surface area contributed by atoms with E-state index in [0.717, 1.165) is 61.0 Å². The number of rotatable bonds is 5. The highest BCUT2D eigenvalue weighted by Gasteiger charge is 2.48. The number of phenols is 1. The van der Waals surface area contributed by atoms with Gasteiger partial charge in [-0.2, -0.15) is 0 Å². The zero-order valence-corrected chi connectivity index (χ0v) is 19.2. The smallest absolute Gasteiger partial charge is 0.125 e. The van der Waals surface area contributed by atoms with Gasteiger partial charge >= 0.3 is 0 Å². The van der Waals surface area contributed by atoms with Crippen LogP contribution in [0.3, 0.4) is 0 Å². The van der Waals surface area contributed by atoms with E-state index >= 15 is 4.39 Å². The highest BCUT2D eigenvalue weighted by atomic mass is 19.1. The number of aromatic nitrogens is 2. The quantitative estimate of drug-likeness (QED) is 0.553. The summed E-state index contributed by atoms with van der Waals surface area (Å²) in [5, 5.41) is 9.85. The summed E-state index contributed by atoms with van der Waals surface area (Å²) in [7, 11) is 0. The molecule has 7 heteroatoms. The van der Waals surface area contributed by atoms with E-state index in [1.807, 2.05) is 12.3 Å². The minimum absolute atomic E-state index is 0.0156.